The molecule has 2 aromatic rings. The molecular formula is C16H14ClF3N6O2. The Balaban J connectivity index is 2.09. The number of rotatable bonds is 6. The summed E-state index contributed by atoms with van der Waals surface area (Å²) in [4.78, 5) is 21.7. The highest BCUT2D eigenvalue weighted by molar-refractivity contribution is 6.28. The molecular weight excluding hydrogens is 401 g/mol. The minimum atomic E-state index is -4.61. The lowest BCUT2D eigenvalue weighted by Crippen LogP contribution is -2.20. The summed E-state index contributed by atoms with van der Waals surface area (Å²) in [7, 11) is 0. The molecule has 3 N–H and O–H groups in total. The summed E-state index contributed by atoms with van der Waals surface area (Å²) < 4.78 is 37.2. The summed E-state index contributed by atoms with van der Waals surface area (Å²) >= 11 is 5.65. The number of benzene rings is 1. The van der Waals surface area contributed by atoms with Gasteiger partial charge in [0.05, 0.1) is 10.6 Å². The van der Waals surface area contributed by atoms with Gasteiger partial charge in [-0.15, -0.1) is 0 Å². The number of aromatic nitrogens is 2. The highest BCUT2D eigenvalue weighted by Crippen LogP contribution is 2.24. The van der Waals surface area contributed by atoms with Crippen LogP contribution in [0.1, 0.15) is 12.5 Å². The van der Waals surface area contributed by atoms with Gasteiger partial charge in [-0.05, 0) is 42.3 Å². The molecule has 0 radical (unpaired) electrons. The number of nitrogens with one attached hydrogen (secondary N) is 1. The van der Waals surface area contributed by atoms with Crippen LogP contribution in [-0.4, -0.2) is 26.8 Å². The van der Waals surface area contributed by atoms with Crippen molar-refractivity contribution in [1.82, 2.24) is 9.97 Å². The molecule has 0 bridgehead atoms. The molecule has 0 saturated heterocycles. The lowest BCUT2D eigenvalue weighted by atomic mass is 10.2. The number of hydrogen-bond donors (Lipinski definition) is 2. The van der Waals surface area contributed by atoms with Crippen molar-refractivity contribution in [2.45, 2.75) is 19.6 Å². The van der Waals surface area contributed by atoms with Gasteiger partial charge in [0.25, 0.3) is 0 Å². The van der Waals surface area contributed by atoms with Crippen LogP contribution in [0.4, 0.5) is 30.4 Å². The smallest absolute Gasteiger partial charge is 0.395 e. The van der Waals surface area contributed by atoms with Gasteiger partial charge in [0.2, 0.25) is 11.1 Å². The molecule has 148 valence electrons. The number of nitrogens with two attached hydrogens (primary N) is 1. The summed E-state index contributed by atoms with van der Waals surface area (Å²) in [5.74, 6) is -0.0318. The van der Waals surface area contributed by atoms with Crippen LogP contribution in [0.3, 0.4) is 0 Å². The number of nitro groups is 1. The largest absolute Gasteiger partial charge is 0.430 e. The Bertz CT molecular complexity index is 929. The number of halogens is 4. The molecule has 1 aromatic heterocycles. The van der Waals surface area contributed by atoms with E-state index in [9.17, 15) is 23.3 Å². The molecule has 12 heteroatoms. The molecule has 8 nitrogen and oxygen atoms in total. The van der Waals surface area contributed by atoms with Crippen molar-refractivity contribution in [3.63, 3.8) is 0 Å². The average molecular weight is 415 g/mol. The normalized spacial score (nSPS) is 12.8. The average Bonchev–Trinajstić information content (AvgIpc) is 2.60. The van der Waals surface area contributed by atoms with E-state index in [1.807, 2.05) is 0 Å². The van der Waals surface area contributed by atoms with Gasteiger partial charge in [-0.25, -0.2) is 4.98 Å². The molecule has 0 saturated carbocycles. The van der Waals surface area contributed by atoms with Gasteiger partial charge < -0.3 is 11.1 Å². The molecule has 28 heavy (non-hydrogen) atoms. The molecule has 0 aliphatic carbocycles. The van der Waals surface area contributed by atoms with E-state index >= 15 is 0 Å². The summed E-state index contributed by atoms with van der Waals surface area (Å²) in [6.45, 7) is 1.59. The zero-order chi connectivity index (χ0) is 20.9. The van der Waals surface area contributed by atoms with Gasteiger partial charge in [0.15, 0.2) is 0 Å². The van der Waals surface area contributed by atoms with Crippen molar-refractivity contribution in [2.24, 2.45) is 10.7 Å². The molecule has 1 aromatic carbocycles. The van der Waals surface area contributed by atoms with E-state index in [-0.39, 0.29) is 29.0 Å². The third-order valence-corrected chi connectivity index (χ3v) is 3.51. The standard InChI is InChI=1S/C16H14ClF3N6O2/c1-9(6-13(21)16(18,19)20)24-11-4-2-10(3-5-11)7-22-14-12(26(27)28)8-23-15(17)25-14/h2-6,8H,7,21H2,1H3,(H,22,23,25). The van der Waals surface area contributed by atoms with Crippen LogP contribution in [0.15, 0.2) is 47.2 Å². The Hall–Kier alpha value is -3.21. The van der Waals surface area contributed by atoms with E-state index in [0.717, 1.165) is 17.8 Å². The summed E-state index contributed by atoms with van der Waals surface area (Å²) in [6.07, 6.45) is -2.87. The Labute approximate surface area is 162 Å². The first-order valence-corrected chi connectivity index (χ1v) is 8.03. The van der Waals surface area contributed by atoms with Crippen molar-refractivity contribution < 1.29 is 18.1 Å². The molecule has 1 heterocycles. The quantitative estimate of drug-likeness (QED) is 0.317. The van der Waals surface area contributed by atoms with E-state index in [2.05, 4.69) is 20.3 Å². The maximum Gasteiger partial charge on any atom is 0.430 e. The second kappa shape index (κ2) is 8.65. The van der Waals surface area contributed by atoms with E-state index in [0.29, 0.717) is 5.69 Å². The van der Waals surface area contributed by atoms with E-state index in [1.165, 1.54) is 6.92 Å². The summed E-state index contributed by atoms with van der Waals surface area (Å²) in [6, 6.07) is 6.48. The second-order valence-corrected chi connectivity index (χ2v) is 5.84. The van der Waals surface area contributed by atoms with Gasteiger partial charge in [-0.1, -0.05) is 12.1 Å². The molecule has 0 aliphatic heterocycles. The Morgan fingerprint density at radius 3 is 2.61 bits per heavy atom. The van der Waals surface area contributed by atoms with Crippen LogP contribution in [-0.2, 0) is 6.54 Å². The van der Waals surface area contributed by atoms with Crippen LogP contribution in [0.2, 0.25) is 5.28 Å². The van der Waals surface area contributed by atoms with Crippen molar-refractivity contribution in [3.8, 4) is 0 Å². The Morgan fingerprint density at radius 2 is 2.04 bits per heavy atom. The van der Waals surface area contributed by atoms with Crippen LogP contribution in [0.5, 0.6) is 0 Å². The van der Waals surface area contributed by atoms with Crippen LogP contribution in [0.25, 0.3) is 0 Å². The number of nitrogens with zero attached hydrogens (tertiary/aromatic N) is 4. The minimum Gasteiger partial charge on any atom is -0.395 e. The fourth-order valence-corrected chi connectivity index (χ4v) is 2.17. The predicted molar refractivity (Wildman–Crippen MR) is 98.6 cm³/mol. The third-order valence-electron chi connectivity index (χ3n) is 3.33. The fourth-order valence-electron chi connectivity index (χ4n) is 2.03. The maximum atomic E-state index is 12.4. The molecule has 0 fully saturated rings. The van der Waals surface area contributed by atoms with Crippen LogP contribution in [0, 0.1) is 10.1 Å². The first kappa shape index (κ1) is 21.1. The minimum absolute atomic E-state index is 0.0318. The van der Waals surface area contributed by atoms with E-state index < -0.39 is 16.8 Å². The lowest BCUT2D eigenvalue weighted by molar-refractivity contribution is -0.384. The van der Waals surface area contributed by atoms with Gasteiger partial charge >= 0.3 is 11.9 Å². The molecule has 2 rings (SSSR count). The maximum absolute atomic E-state index is 12.4. The molecule has 0 aliphatic rings. The topological polar surface area (TPSA) is 119 Å². The van der Waals surface area contributed by atoms with Gasteiger partial charge in [0, 0.05) is 12.3 Å². The van der Waals surface area contributed by atoms with Crippen molar-refractivity contribution in [3.05, 3.63) is 63.2 Å². The molecule has 0 amide bonds. The SMILES string of the molecule is CC(C=C(N)C(F)(F)F)=Nc1ccc(CNc2nc(Cl)ncc2[N+](=O)[O-])cc1. The number of alkyl halides is 3. The van der Waals surface area contributed by atoms with E-state index in [4.69, 9.17) is 17.3 Å². The zero-order valence-corrected chi connectivity index (χ0v) is 15.1. The number of anilines is 1. The molecule has 0 atom stereocenters. The summed E-state index contributed by atoms with van der Waals surface area (Å²) in [5, 5.41) is 13.6. The Kier molecular flexibility index (Phi) is 6.52. The van der Waals surface area contributed by atoms with Crippen molar-refractivity contribution in [2.75, 3.05) is 5.32 Å². The lowest BCUT2D eigenvalue weighted by Gasteiger charge is -2.07. The summed E-state index contributed by atoms with van der Waals surface area (Å²) in [5.41, 5.74) is 4.62. The van der Waals surface area contributed by atoms with Gasteiger partial charge in [0.1, 0.15) is 11.9 Å². The van der Waals surface area contributed by atoms with Crippen LogP contribution < -0.4 is 11.1 Å². The highest BCUT2D eigenvalue weighted by Gasteiger charge is 2.31. The van der Waals surface area contributed by atoms with Gasteiger partial charge in [-0.2, -0.15) is 18.2 Å². The van der Waals surface area contributed by atoms with Crippen LogP contribution >= 0.6 is 11.6 Å². The number of aliphatic imine (C=N–C) groups is 1. The Morgan fingerprint density at radius 1 is 1.39 bits per heavy atom. The first-order chi connectivity index (χ1) is 13.1. The number of hydrogen-bond acceptors (Lipinski definition) is 7. The zero-order valence-electron chi connectivity index (χ0n) is 14.4. The molecule has 0 spiro atoms. The van der Waals surface area contributed by atoms with Gasteiger partial charge in [-0.3, -0.25) is 15.1 Å². The third kappa shape index (κ3) is 5.91. The fraction of sp³-hybridized carbons (Fsp3) is 0.188. The predicted octanol–water partition coefficient (Wildman–Crippen LogP) is 4.15. The second-order valence-electron chi connectivity index (χ2n) is 5.50. The van der Waals surface area contributed by atoms with Crippen molar-refractivity contribution in [1.29, 1.82) is 0 Å². The first-order valence-electron chi connectivity index (χ1n) is 7.65. The van der Waals surface area contributed by atoms with E-state index in [1.54, 1.807) is 24.3 Å². The highest BCUT2D eigenvalue weighted by atomic mass is 35.5. The van der Waals surface area contributed by atoms with Crippen molar-refractivity contribution >= 4 is 34.5 Å². The molecule has 0 unspecified atom stereocenters. The number of allylic oxidation sites excluding steroid dienone is 2. The monoisotopic (exact) mass is 414 g/mol.